The van der Waals surface area contributed by atoms with Crippen molar-refractivity contribution in [1.82, 2.24) is 15.1 Å². The lowest BCUT2D eigenvalue weighted by atomic mass is 9.99. The van der Waals surface area contributed by atoms with E-state index in [0.717, 1.165) is 12.1 Å². The van der Waals surface area contributed by atoms with Gasteiger partial charge in [0, 0.05) is 31.7 Å². The van der Waals surface area contributed by atoms with E-state index in [0.29, 0.717) is 0 Å². The Hall–Kier alpha value is -0.120. The first-order valence-corrected chi connectivity index (χ1v) is 7.61. The molecule has 3 aliphatic heterocycles. The van der Waals surface area contributed by atoms with Crippen molar-refractivity contribution in [2.75, 3.05) is 39.3 Å². The van der Waals surface area contributed by atoms with Gasteiger partial charge in [-0.25, -0.2) is 0 Å². The van der Waals surface area contributed by atoms with Crippen LogP contribution in [-0.4, -0.2) is 61.2 Å². The molecule has 0 radical (unpaired) electrons. The zero-order valence-corrected chi connectivity index (χ0v) is 11.0. The van der Waals surface area contributed by atoms with Gasteiger partial charge in [-0.15, -0.1) is 0 Å². The maximum atomic E-state index is 3.62. The first-order valence-electron chi connectivity index (χ1n) is 7.61. The van der Waals surface area contributed by atoms with Gasteiger partial charge < -0.3 is 10.2 Å². The molecule has 0 aliphatic carbocycles. The summed E-state index contributed by atoms with van der Waals surface area (Å²) in [7, 11) is 0. The second kappa shape index (κ2) is 5.68. The maximum absolute atomic E-state index is 3.62. The predicted molar refractivity (Wildman–Crippen MR) is 71.3 cm³/mol. The first kappa shape index (κ1) is 11.9. The predicted octanol–water partition coefficient (Wildman–Crippen LogP) is 1.30. The van der Waals surface area contributed by atoms with Crippen LogP contribution in [0.5, 0.6) is 0 Å². The standard InChI is InChI=1S/C14H27N3/c1-2-8-17-11-10-16(12-14(17)5-1)9-6-13-4-3-7-15-13/h13-15H,1-12H2. The Morgan fingerprint density at radius 3 is 2.88 bits per heavy atom. The summed E-state index contributed by atoms with van der Waals surface area (Å²) in [6, 6.07) is 1.70. The highest BCUT2D eigenvalue weighted by atomic mass is 15.3. The summed E-state index contributed by atoms with van der Waals surface area (Å²) in [6.07, 6.45) is 8.50. The highest BCUT2D eigenvalue weighted by Gasteiger charge is 2.28. The normalized spacial score (nSPS) is 36.0. The Morgan fingerprint density at radius 2 is 2.00 bits per heavy atom. The Morgan fingerprint density at radius 1 is 1.00 bits per heavy atom. The minimum atomic E-state index is 0.819. The van der Waals surface area contributed by atoms with Gasteiger partial charge in [-0.05, 0) is 51.7 Å². The summed E-state index contributed by atoms with van der Waals surface area (Å²) >= 11 is 0. The minimum Gasteiger partial charge on any atom is -0.314 e. The molecule has 2 unspecified atom stereocenters. The summed E-state index contributed by atoms with van der Waals surface area (Å²) in [6.45, 7) is 7.91. The third-order valence-electron chi connectivity index (χ3n) is 4.88. The minimum absolute atomic E-state index is 0.819. The van der Waals surface area contributed by atoms with Gasteiger partial charge in [0.2, 0.25) is 0 Å². The van der Waals surface area contributed by atoms with Crippen LogP contribution >= 0.6 is 0 Å². The van der Waals surface area contributed by atoms with E-state index in [1.807, 2.05) is 0 Å². The van der Waals surface area contributed by atoms with E-state index >= 15 is 0 Å². The average Bonchev–Trinajstić information content (AvgIpc) is 2.89. The van der Waals surface area contributed by atoms with Gasteiger partial charge in [-0.2, -0.15) is 0 Å². The van der Waals surface area contributed by atoms with E-state index in [4.69, 9.17) is 0 Å². The molecule has 2 atom stereocenters. The number of rotatable bonds is 3. The van der Waals surface area contributed by atoms with E-state index in [9.17, 15) is 0 Å². The lowest BCUT2D eigenvalue weighted by Gasteiger charge is -2.44. The van der Waals surface area contributed by atoms with Crippen molar-refractivity contribution in [1.29, 1.82) is 0 Å². The Bertz CT molecular complexity index is 238. The molecule has 3 saturated heterocycles. The van der Waals surface area contributed by atoms with Gasteiger partial charge in [-0.1, -0.05) is 6.42 Å². The molecule has 0 aromatic rings. The second-order valence-electron chi connectivity index (χ2n) is 6.07. The number of fused-ring (bicyclic) bond motifs is 1. The molecule has 0 bridgehead atoms. The van der Waals surface area contributed by atoms with Gasteiger partial charge in [0.15, 0.2) is 0 Å². The third kappa shape index (κ3) is 3.01. The third-order valence-corrected chi connectivity index (χ3v) is 4.88. The van der Waals surface area contributed by atoms with Crippen LogP contribution in [0, 0.1) is 0 Å². The number of hydrogen-bond acceptors (Lipinski definition) is 3. The molecule has 3 aliphatic rings. The van der Waals surface area contributed by atoms with Crippen LogP contribution < -0.4 is 5.32 Å². The van der Waals surface area contributed by atoms with Crippen LogP contribution in [0.15, 0.2) is 0 Å². The van der Waals surface area contributed by atoms with Crippen LogP contribution in [0.3, 0.4) is 0 Å². The quantitative estimate of drug-likeness (QED) is 0.798. The van der Waals surface area contributed by atoms with Gasteiger partial charge in [0.1, 0.15) is 0 Å². The zero-order chi connectivity index (χ0) is 11.5. The summed E-state index contributed by atoms with van der Waals surface area (Å²) < 4.78 is 0. The number of piperazine rings is 1. The summed E-state index contributed by atoms with van der Waals surface area (Å²) in [5, 5.41) is 3.62. The molecule has 0 spiro atoms. The SMILES string of the molecule is C1CNC(CCN2CCN3CCCCC3C2)C1. The lowest BCUT2D eigenvalue weighted by Crippen LogP contribution is -2.55. The summed E-state index contributed by atoms with van der Waals surface area (Å²) in [5.74, 6) is 0. The fourth-order valence-corrected chi connectivity index (χ4v) is 3.76. The zero-order valence-electron chi connectivity index (χ0n) is 11.0. The van der Waals surface area contributed by atoms with Crippen LogP contribution in [0.2, 0.25) is 0 Å². The number of hydrogen-bond donors (Lipinski definition) is 1. The first-order chi connectivity index (χ1) is 8.42. The van der Waals surface area contributed by atoms with Crippen molar-refractivity contribution < 1.29 is 0 Å². The van der Waals surface area contributed by atoms with Crippen molar-refractivity contribution in [3.63, 3.8) is 0 Å². The van der Waals surface area contributed by atoms with Crippen LogP contribution in [0.25, 0.3) is 0 Å². The van der Waals surface area contributed by atoms with E-state index in [1.54, 1.807) is 0 Å². The largest absolute Gasteiger partial charge is 0.314 e. The molecule has 0 aromatic heterocycles. The van der Waals surface area contributed by atoms with Crippen LogP contribution in [-0.2, 0) is 0 Å². The van der Waals surface area contributed by atoms with E-state index < -0.39 is 0 Å². The number of piperidine rings is 1. The molecule has 3 heterocycles. The summed E-state index contributed by atoms with van der Waals surface area (Å²) in [5.41, 5.74) is 0. The molecule has 0 aromatic carbocycles. The van der Waals surface area contributed by atoms with E-state index in [2.05, 4.69) is 15.1 Å². The number of nitrogens with zero attached hydrogens (tertiary/aromatic N) is 2. The second-order valence-corrected chi connectivity index (χ2v) is 6.07. The maximum Gasteiger partial charge on any atom is 0.0223 e. The van der Waals surface area contributed by atoms with E-state index in [1.165, 1.54) is 77.8 Å². The lowest BCUT2D eigenvalue weighted by molar-refractivity contribution is 0.0478. The topological polar surface area (TPSA) is 18.5 Å². The Kier molecular flexibility index (Phi) is 3.99. The van der Waals surface area contributed by atoms with Crippen molar-refractivity contribution in [3.8, 4) is 0 Å². The Balaban J connectivity index is 1.42. The molecule has 17 heavy (non-hydrogen) atoms. The molecular formula is C14H27N3. The molecular weight excluding hydrogens is 210 g/mol. The molecule has 3 heteroatoms. The number of nitrogens with one attached hydrogen (secondary N) is 1. The molecule has 98 valence electrons. The van der Waals surface area contributed by atoms with Gasteiger partial charge >= 0.3 is 0 Å². The van der Waals surface area contributed by atoms with Crippen molar-refractivity contribution in [3.05, 3.63) is 0 Å². The van der Waals surface area contributed by atoms with Crippen LogP contribution in [0.1, 0.15) is 38.5 Å². The van der Waals surface area contributed by atoms with Gasteiger partial charge in [0.05, 0.1) is 0 Å². The van der Waals surface area contributed by atoms with Crippen molar-refractivity contribution in [2.45, 2.75) is 50.6 Å². The fourth-order valence-electron chi connectivity index (χ4n) is 3.76. The molecule has 0 amide bonds. The summed E-state index contributed by atoms with van der Waals surface area (Å²) in [4.78, 5) is 5.44. The Labute approximate surface area is 106 Å². The fraction of sp³-hybridized carbons (Fsp3) is 1.00. The molecule has 3 nitrogen and oxygen atoms in total. The van der Waals surface area contributed by atoms with Crippen molar-refractivity contribution >= 4 is 0 Å². The molecule has 3 rings (SSSR count). The van der Waals surface area contributed by atoms with Crippen LogP contribution in [0.4, 0.5) is 0 Å². The van der Waals surface area contributed by atoms with Gasteiger partial charge in [-0.3, -0.25) is 4.90 Å². The van der Waals surface area contributed by atoms with E-state index in [-0.39, 0.29) is 0 Å². The average molecular weight is 237 g/mol. The molecule has 0 saturated carbocycles. The monoisotopic (exact) mass is 237 g/mol. The molecule has 1 N–H and O–H groups in total. The molecule has 3 fully saturated rings. The highest BCUT2D eigenvalue weighted by Crippen LogP contribution is 2.21. The highest BCUT2D eigenvalue weighted by molar-refractivity contribution is 4.86. The van der Waals surface area contributed by atoms with Crippen molar-refractivity contribution in [2.24, 2.45) is 0 Å². The van der Waals surface area contributed by atoms with Gasteiger partial charge in [0.25, 0.3) is 0 Å². The smallest absolute Gasteiger partial charge is 0.0223 e.